The molecule has 2 aromatic carbocycles. The van der Waals surface area contributed by atoms with E-state index < -0.39 is 0 Å². The highest BCUT2D eigenvalue weighted by atomic mass is 16.6. The summed E-state index contributed by atoms with van der Waals surface area (Å²) in [7, 11) is 0. The number of benzene rings is 2. The van der Waals surface area contributed by atoms with Crippen molar-refractivity contribution in [2.75, 3.05) is 0 Å². The van der Waals surface area contributed by atoms with Crippen molar-refractivity contribution in [3.63, 3.8) is 0 Å². The summed E-state index contributed by atoms with van der Waals surface area (Å²) in [5.41, 5.74) is 3.34. The first-order chi connectivity index (χ1) is 14.4. The van der Waals surface area contributed by atoms with Crippen molar-refractivity contribution in [2.24, 2.45) is 0 Å². The third-order valence-electron chi connectivity index (χ3n) is 5.70. The van der Waals surface area contributed by atoms with Gasteiger partial charge in [-0.3, -0.25) is 4.90 Å². The maximum absolute atomic E-state index is 12.9. The van der Waals surface area contributed by atoms with Crippen LogP contribution in [0.15, 0.2) is 60.7 Å². The van der Waals surface area contributed by atoms with Crippen molar-refractivity contribution in [1.29, 1.82) is 0 Å². The first kappa shape index (κ1) is 20.5. The third kappa shape index (κ3) is 4.86. The van der Waals surface area contributed by atoms with Crippen molar-refractivity contribution in [3.05, 3.63) is 71.8 Å². The Hall–Kier alpha value is -2.75. The average Bonchev–Trinajstić information content (AvgIpc) is 2.71. The van der Waals surface area contributed by atoms with Gasteiger partial charge in [-0.1, -0.05) is 48.5 Å². The van der Waals surface area contributed by atoms with E-state index in [1.165, 1.54) is 11.1 Å². The summed E-state index contributed by atoms with van der Waals surface area (Å²) in [6.45, 7) is 6.48. The molecule has 2 bridgehead atoms. The topological polar surface area (TPSA) is 38.8 Å². The number of amides is 1. The van der Waals surface area contributed by atoms with Gasteiger partial charge in [0.25, 0.3) is 0 Å². The molecule has 2 heterocycles. The minimum absolute atomic E-state index is 0.112. The zero-order valence-corrected chi connectivity index (χ0v) is 18.1. The molecule has 30 heavy (non-hydrogen) atoms. The lowest BCUT2D eigenvalue weighted by Gasteiger charge is -2.44. The summed E-state index contributed by atoms with van der Waals surface area (Å²) in [5, 5.41) is 0. The second kappa shape index (κ2) is 8.55. The van der Waals surface area contributed by atoms with Gasteiger partial charge < -0.3 is 9.47 Å². The number of hydrogen-bond acceptors (Lipinski definition) is 3. The van der Waals surface area contributed by atoms with Crippen LogP contribution in [0.3, 0.4) is 0 Å². The predicted octanol–water partition coefficient (Wildman–Crippen LogP) is 6.21. The third-order valence-corrected chi connectivity index (χ3v) is 5.70. The van der Waals surface area contributed by atoms with E-state index >= 15 is 0 Å². The van der Waals surface area contributed by atoms with Gasteiger partial charge in [-0.25, -0.2) is 4.79 Å². The molecule has 0 N–H and O–H groups in total. The Bertz CT molecular complexity index is 896. The molecule has 0 aliphatic carbocycles. The first-order valence-electron chi connectivity index (χ1n) is 10.9. The van der Waals surface area contributed by atoms with Crippen LogP contribution >= 0.6 is 0 Å². The Morgan fingerprint density at radius 3 is 2.43 bits per heavy atom. The predicted molar refractivity (Wildman–Crippen MR) is 119 cm³/mol. The molecule has 4 nitrogen and oxygen atoms in total. The summed E-state index contributed by atoms with van der Waals surface area (Å²) in [4.78, 5) is 14.8. The molecule has 0 aromatic heterocycles. The SMILES string of the molecule is CC(C)(C)Oc1ccc(C2=CC3CCCC(C2)N3C(=O)OCc2ccccc2)cc1. The molecule has 2 aliphatic heterocycles. The number of fused-ring (bicyclic) bond motifs is 2. The van der Waals surface area contributed by atoms with E-state index in [1.807, 2.05) is 47.4 Å². The van der Waals surface area contributed by atoms with E-state index in [9.17, 15) is 4.79 Å². The molecular weight excluding hydrogens is 374 g/mol. The lowest BCUT2D eigenvalue weighted by molar-refractivity contribution is 0.0510. The highest BCUT2D eigenvalue weighted by molar-refractivity contribution is 5.74. The highest BCUT2D eigenvalue weighted by Gasteiger charge is 2.38. The van der Waals surface area contributed by atoms with Gasteiger partial charge in [0.05, 0.1) is 6.04 Å². The molecule has 1 saturated heterocycles. The minimum atomic E-state index is -0.205. The minimum Gasteiger partial charge on any atom is -0.488 e. The van der Waals surface area contributed by atoms with Crippen LogP contribution in [-0.4, -0.2) is 28.7 Å². The van der Waals surface area contributed by atoms with Crippen LogP contribution in [0.2, 0.25) is 0 Å². The number of nitrogens with zero attached hydrogens (tertiary/aromatic N) is 1. The van der Waals surface area contributed by atoms with Crippen molar-refractivity contribution in [3.8, 4) is 5.75 Å². The van der Waals surface area contributed by atoms with Crippen molar-refractivity contribution >= 4 is 11.7 Å². The lowest BCUT2D eigenvalue weighted by atomic mass is 9.83. The second-order valence-corrected chi connectivity index (χ2v) is 9.23. The van der Waals surface area contributed by atoms with E-state index in [4.69, 9.17) is 9.47 Å². The molecule has 0 saturated carbocycles. The van der Waals surface area contributed by atoms with E-state index in [0.29, 0.717) is 6.61 Å². The summed E-state index contributed by atoms with van der Waals surface area (Å²) < 4.78 is 11.6. The Morgan fingerprint density at radius 1 is 1.03 bits per heavy atom. The van der Waals surface area contributed by atoms with Gasteiger partial charge in [0.15, 0.2) is 0 Å². The Morgan fingerprint density at radius 2 is 1.77 bits per heavy atom. The quantitative estimate of drug-likeness (QED) is 0.607. The fourth-order valence-corrected chi connectivity index (χ4v) is 4.41. The van der Waals surface area contributed by atoms with Gasteiger partial charge in [-0.15, -0.1) is 0 Å². The second-order valence-electron chi connectivity index (χ2n) is 9.23. The fraction of sp³-hybridized carbons (Fsp3) is 0.423. The smallest absolute Gasteiger partial charge is 0.410 e. The molecule has 1 fully saturated rings. The molecule has 0 spiro atoms. The van der Waals surface area contributed by atoms with Crippen LogP contribution in [0, 0.1) is 0 Å². The zero-order valence-electron chi connectivity index (χ0n) is 18.1. The normalized spacial score (nSPS) is 21.0. The molecule has 2 atom stereocenters. The molecule has 4 heteroatoms. The fourth-order valence-electron chi connectivity index (χ4n) is 4.41. The van der Waals surface area contributed by atoms with Crippen LogP contribution < -0.4 is 4.74 Å². The molecule has 2 aromatic rings. The van der Waals surface area contributed by atoms with Crippen LogP contribution in [0.4, 0.5) is 4.79 Å². The van der Waals surface area contributed by atoms with Gasteiger partial charge in [-0.2, -0.15) is 0 Å². The van der Waals surface area contributed by atoms with Crippen LogP contribution in [0.25, 0.3) is 5.57 Å². The molecule has 1 amide bonds. The van der Waals surface area contributed by atoms with E-state index in [-0.39, 0.29) is 23.8 Å². The summed E-state index contributed by atoms with van der Waals surface area (Å²) >= 11 is 0. The lowest BCUT2D eigenvalue weighted by Crippen LogP contribution is -2.51. The Balaban J connectivity index is 1.46. The van der Waals surface area contributed by atoms with E-state index in [0.717, 1.165) is 37.0 Å². The summed E-state index contributed by atoms with van der Waals surface area (Å²) in [5.74, 6) is 0.883. The van der Waals surface area contributed by atoms with Crippen molar-refractivity contribution in [2.45, 2.75) is 70.7 Å². The Labute approximate surface area is 179 Å². The van der Waals surface area contributed by atoms with Gasteiger partial charge in [-0.05, 0) is 75.3 Å². The number of ether oxygens (including phenoxy) is 2. The number of hydrogen-bond donors (Lipinski definition) is 0. The molecule has 0 radical (unpaired) electrons. The molecular formula is C26H31NO3. The molecule has 158 valence electrons. The maximum Gasteiger partial charge on any atom is 0.410 e. The monoisotopic (exact) mass is 405 g/mol. The number of carbonyl (C=O) groups is 1. The van der Waals surface area contributed by atoms with E-state index in [2.05, 4.69) is 39.0 Å². The van der Waals surface area contributed by atoms with Crippen LogP contribution in [0.5, 0.6) is 5.75 Å². The van der Waals surface area contributed by atoms with Crippen molar-refractivity contribution in [1.82, 2.24) is 4.90 Å². The molecule has 2 aliphatic rings. The number of rotatable bonds is 4. The maximum atomic E-state index is 12.9. The van der Waals surface area contributed by atoms with Gasteiger partial charge in [0, 0.05) is 6.04 Å². The summed E-state index contributed by atoms with van der Waals surface area (Å²) in [6.07, 6.45) is 6.11. The largest absolute Gasteiger partial charge is 0.488 e. The van der Waals surface area contributed by atoms with Gasteiger partial charge >= 0.3 is 6.09 Å². The average molecular weight is 406 g/mol. The van der Waals surface area contributed by atoms with Crippen molar-refractivity contribution < 1.29 is 14.3 Å². The standard InChI is InChI=1S/C26H31NO3/c1-26(2,3)30-24-14-12-20(13-15-24)21-16-22-10-7-11-23(17-21)27(22)25(28)29-18-19-8-5-4-6-9-19/h4-6,8-9,12-16,22-23H,7,10-11,17-18H2,1-3H3. The number of piperidine rings is 1. The van der Waals surface area contributed by atoms with Gasteiger partial charge in [0.2, 0.25) is 0 Å². The first-order valence-corrected chi connectivity index (χ1v) is 10.9. The highest BCUT2D eigenvalue weighted by Crippen LogP contribution is 2.38. The van der Waals surface area contributed by atoms with Crippen LogP contribution in [-0.2, 0) is 11.3 Å². The molecule has 4 rings (SSSR count). The zero-order chi connectivity index (χ0) is 21.1. The summed E-state index contributed by atoms with van der Waals surface area (Å²) in [6, 6.07) is 18.5. The van der Waals surface area contributed by atoms with Gasteiger partial charge in [0.1, 0.15) is 18.0 Å². The van der Waals surface area contributed by atoms with Crippen LogP contribution in [0.1, 0.15) is 57.6 Å². The Kier molecular flexibility index (Phi) is 5.85. The van der Waals surface area contributed by atoms with E-state index in [1.54, 1.807) is 0 Å². The molecule has 2 unspecified atom stereocenters. The number of carbonyl (C=O) groups excluding carboxylic acids is 1.